The lowest BCUT2D eigenvalue weighted by molar-refractivity contribution is -0.384. The summed E-state index contributed by atoms with van der Waals surface area (Å²) in [5.74, 6) is 0.572. The molecule has 5 nitrogen and oxygen atoms in total. The molecule has 0 aliphatic rings. The second kappa shape index (κ2) is 5.32. The van der Waals surface area contributed by atoms with Gasteiger partial charge in [-0.2, -0.15) is 0 Å². The monoisotopic (exact) mass is 328 g/mol. The molecule has 1 aromatic heterocycles. The molecule has 2 aromatic rings. The van der Waals surface area contributed by atoms with Crippen LogP contribution in [0.25, 0.3) is 0 Å². The number of ether oxygens (including phenoxy) is 1. The lowest BCUT2D eigenvalue weighted by Gasteiger charge is -2.06. The predicted molar refractivity (Wildman–Crippen MR) is 70.1 cm³/mol. The van der Waals surface area contributed by atoms with Crippen molar-refractivity contribution in [3.8, 4) is 11.6 Å². The first-order valence-corrected chi connectivity index (χ1v) is 5.98. The van der Waals surface area contributed by atoms with Crippen molar-refractivity contribution in [1.29, 1.82) is 0 Å². The number of aromatic nitrogens is 1. The minimum absolute atomic E-state index is 0.0600. The fourth-order valence-corrected chi connectivity index (χ4v) is 1.73. The van der Waals surface area contributed by atoms with Gasteiger partial charge in [-0.15, -0.1) is 0 Å². The first-order chi connectivity index (χ1) is 8.56. The normalized spacial score (nSPS) is 10.1. The molecule has 0 aliphatic carbocycles. The molecule has 18 heavy (non-hydrogen) atoms. The molecular formula is C11H6BrClN2O3. The Balaban J connectivity index is 2.33. The molecule has 0 atom stereocenters. The molecule has 0 radical (unpaired) electrons. The van der Waals surface area contributed by atoms with Crippen molar-refractivity contribution < 1.29 is 9.66 Å². The Bertz CT molecular complexity index is 607. The summed E-state index contributed by atoms with van der Waals surface area (Å²) in [5, 5.41) is 11.0. The van der Waals surface area contributed by atoms with Crippen LogP contribution in [-0.4, -0.2) is 9.91 Å². The second-order valence-corrected chi connectivity index (χ2v) is 4.51. The molecule has 0 bridgehead atoms. The van der Waals surface area contributed by atoms with Gasteiger partial charge in [0.2, 0.25) is 5.88 Å². The fraction of sp³-hybridized carbons (Fsp3) is 0. The summed E-state index contributed by atoms with van der Waals surface area (Å²) in [6.45, 7) is 0. The number of hydrogen-bond donors (Lipinski definition) is 0. The van der Waals surface area contributed by atoms with Gasteiger partial charge in [0.05, 0.1) is 15.5 Å². The topological polar surface area (TPSA) is 65.3 Å². The highest BCUT2D eigenvalue weighted by Gasteiger charge is 2.11. The highest BCUT2D eigenvalue weighted by molar-refractivity contribution is 9.10. The van der Waals surface area contributed by atoms with E-state index in [4.69, 9.17) is 16.3 Å². The van der Waals surface area contributed by atoms with E-state index in [1.54, 1.807) is 18.2 Å². The van der Waals surface area contributed by atoms with Crippen molar-refractivity contribution in [1.82, 2.24) is 4.98 Å². The van der Waals surface area contributed by atoms with Gasteiger partial charge in [-0.1, -0.05) is 17.7 Å². The summed E-state index contributed by atoms with van der Waals surface area (Å²) >= 11 is 8.97. The lowest BCUT2D eigenvalue weighted by atomic mass is 10.3. The van der Waals surface area contributed by atoms with E-state index >= 15 is 0 Å². The molecule has 1 aromatic carbocycles. The zero-order valence-electron chi connectivity index (χ0n) is 8.84. The van der Waals surface area contributed by atoms with E-state index in [9.17, 15) is 10.1 Å². The van der Waals surface area contributed by atoms with Gasteiger partial charge in [-0.3, -0.25) is 10.1 Å². The van der Waals surface area contributed by atoms with E-state index in [0.29, 0.717) is 10.2 Å². The third kappa shape index (κ3) is 2.96. The number of nitro benzene ring substituents is 1. The molecule has 0 N–H and O–H groups in total. The van der Waals surface area contributed by atoms with Crippen molar-refractivity contribution >= 4 is 33.2 Å². The Morgan fingerprint density at radius 3 is 2.78 bits per heavy atom. The van der Waals surface area contributed by atoms with Crippen LogP contribution in [0.4, 0.5) is 5.69 Å². The third-order valence-corrected chi connectivity index (χ3v) is 2.90. The van der Waals surface area contributed by atoms with Gasteiger partial charge < -0.3 is 4.74 Å². The number of nitro groups is 1. The minimum Gasteiger partial charge on any atom is -0.438 e. The van der Waals surface area contributed by atoms with E-state index in [2.05, 4.69) is 20.9 Å². The first kappa shape index (κ1) is 12.8. The Morgan fingerprint density at radius 1 is 1.33 bits per heavy atom. The summed E-state index contributed by atoms with van der Waals surface area (Å²) in [4.78, 5) is 14.1. The maximum absolute atomic E-state index is 10.7. The SMILES string of the molecule is O=[N+]([O-])c1ccc(Br)c(Oc2cccc(Cl)n2)c1. The lowest BCUT2D eigenvalue weighted by Crippen LogP contribution is -1.92. The molecule has 0 spiro atoms. The van der Waals surface area contributed by atoms with Crippen LogP contribution in [0.15, 0.2) is 40.9 Å². The highest BCUT2D eigenvalue weighted by atomic mass is 79.9. The smallest absolute Gasteiger partial charge is 0.273 e. The molecule has 7 heteroatoms. The molecule has 0 aliphatic heterocycles. The summed E-state index contributed by atoms with van der Waals surface area (Å²) in [6, 6.07) is 9.12. The maximum Gasteiger partial charge on any atom is 0.273 e. The van der Waals surface area contributed by atoms with Crippen LogP contribution in [0.5, 0.6) is 11.6 Å². The standard InChI is InChI=1S/C11H6BrClN2O3/c12-8-5-4-7(15(16)17)6-9(8)18-11-3-1-2-10(13)14-11/h1-6H. The van der Waals surface area contributed by atoms with E-state index in [0.717, 1.165) is 0 Å². The zero-order chi connectivity index (χ0) is 13.1. The van der Waals surface area contributed by atoms with Gasteiger partial charge in [0, 0.05) is 12.1 Å². The summed E-state index contributed by atoms with van der Waals surface area (Å²) in [7, 11) is 0. The third-order valence-electron chi connectivity index (χ3n) is 2.03. The van der Waals surface area contributed by atoms with Crippen LogP contribution >= 0.6 is 27.5 Å². The van der Waals surface area contributed by atoms with Gasteiger partial charge in [-0.25, -0.2) is 4.98 Å². The van der Waals surface area contributed by atoms with Crippen LogP contribution < -0.4 is 4.74 Å². The van der Waals surface area contributed by atoms with Gasteiger partial charge in [0.25, 0.3) is 5.69 Å². The van der Waals surface area contributed by atoms with Crippen LogP contribution in [0.1, 0.15) is 0 Å². The van der Waals surface area contributed by atoms with Crippen molar-refractivity contribution in [3.63, 3.8) is 0 Å². The van der Waals surface area contributed by atoms with E-state index in [-0.39, 0.29) is 16.7 Å². The summed E-state index contributed by atoms with van der Waals surface area (Å²) in [6.07, 6.45) is 0. The molecular weight excluding hydrogens is 323 g/mol. The predicted octanol–water partition coefficient (Wildman–Crippen LogP) is 4.20. The first-order valence-electron chi connectivity index (χ1n) is 4.80. The number of halogens is 2. The van der Waals surface area contributed by atoms with E-state index in [1.807, 2.05) is 0 Å². The molecule has 1 heterocycles. The van der Waals surface area contributed by atoms with Gasteiger partial charge >= 0.3 is 0 Å². The highest BCUT2D eigenvalue weighted by Crippen LogP contribution is 2.32. The number of benzene rings is 1. The minimum atomic E-state index is -0.495. The van der Waals surface area contributed by atoms with Crippen LogP contribution in [0, 0.1) is 10.1 Å². The van der Waals surface area contributed by atoms with Crippen molar-refractivity contribution in [2.45, 2.75) is 0 Å². The number of pyridine rings is 1. The molecule has 0 saturated carbocycles. The molecule has 0 amide bonds. The Morgan fingerprint density at radius 2 is 2.11 bits per heavy atom. The van der Waals surface area contributed by atoms with Gasteiger partial charge in [-0.05, 0) is 28.1 Å². The van der Waals surface area contributed by atoms with E-state index in [1.165, 1.54) is 18.2 Å². The molecule has 0 saturated heterocycles. The molecule has 0 unspecified atom stereocenters. The second-order valence-electron chi connectivity index (χ2n) is 3.27. The average molecular weight is 330 g/mol. The quantitative estimate of drug-likeness (QED) is 0.481. The van der Waals surface area contributed by atoms with Crippen LogP contribution in [-0.2, 0) is 0 Å². The number of hydrogen-bond acceptors (Lipinski definition) is 4. The average Bonchev–Trinajstić information content (AvgIpc) is 2.31. The largest absolute Gasteiger partial charge is 0.438 e. The Kier molecular flexibility index (Phi) is 3.78. The summed E-state index contributed by atoms with van der Waals surface area (Å²) in [5.41, 5.74) is -0.0600. The molecule has 2 rings (SSSR count). The van der Waals surface area contributed by atoms with Crippen molar-refractivity contribution in [2.75, 3.05) is 0 Å². The van der Waals surface area contributed by atoms with Crippen molar-refractivity contribution in [3.05, 3.63) is 56.1 Å². The maximum atomic E-state index is 10.7. The number of rotatable bonds is 3. The van der Waals surface area contributed by atoms with Crippen molar-refractivity contribution in [2.24, 2.45) is 0 Å². The molecule has 92 valence electrons. The van der Waals surface area contributed by atoms with Crippen LogP contribution in [0.3, 0.4) is 0 Å². The summed E-state index contributed by atoms with van der Waals surface area (Å²) < 4.78 is 6.03. The fourth-order valence-electron chi connectivity index (χ4n) is 1.24. The van der Waals surface area contributed by atoms with E-state index < -0.39 is 4.92 Å². The zero-order valence-corrected chi connectivity index (χ0v) is 11.2. The number of non-ortho nitro benzene ring substituents is 1. The van der Waals surface area contributed by atoms with Gasteiger partial charge in [0.1, 0.15) is 5.15 Å². The Hall–Kier alpha value is -1.66. The van der Waals surface area contributed by atoms with Crippen LogP contribution in [0.2, 0.25) is 5.15 Å². The Labute approximate surface area is 116 Å². The van der Waals surface area contributed by atoms with Gasteiger partial charge in [0.15, 0.2) is 5.75 Å². The molecule has 0 fully saturated rings. The number of nitrogens with zero attached hydrogens (tertiary/aromatic N) is 2.